The summed E-state index contributed by atoms with van der Waals surface area (Å²) < 4.78 is 47.2. The number of halogens is 1. The zero-order valence-electron chi connectivity index (χ0n) is 19.1. The highest BCUT2D eigenvalue weighted by Gasteiger charge is 2.27. The number of hydrogen-bond acceptors (Lipinski definition) is 6. The van der Waals surface area contributed by atoms with Gasteiger partial charge in [0.2, 0.25) is 15.9 Å². The van der Waals surface area contributed by atoms with Crippen LogP contribution in [0, 0.1) is 5.82 Å². The number of anilines is 1. The van der Waals surface area contributed by atoms with Gasteiger partial charge in [-0.2, -0.15) is 4.31 Å². The second-order valence-corrected chi connectivity index (χ2v) is 9.98. The van der Waals surface area contributed by atoms with Gasteiger partial charge in [-0.3, -0.25) is 9.78 Å². The predicted octanol–water partition coefficient (Wildman–Crippen LogP) is 3.60. The Hall–Kier alpha value is -3.60. The van der Waals surface area contributed by atoms with Crippen molar-refractivity contribution < 1.29 is 22.3 Å². The third kappa shape index (κ3) is 6.30. The average molecular weight is 497 g/mol. The number of aromatic nitrogens is 1. The molecule has 35 heavy (non-hydrogen) atoms. The van der Waals surface area contributed by atoms with Gasteiger partial charge in [-0.15, -0.1) is 0 Å². The van der Waals surface area contributed by atoms with Gasteiger partial charge in [0.25, 0.3) is 0 Å². The first-order chi connectivity index (χ1) is 16.8. The van der Waals surface area contributed by atoms with Gasteiger partial charge in [-0.25, -0.2) is 12.8 Å². The average Bonchev–Trinajstić information content (AvgIpc) is 2.85. The topological polar surface area (TPSA) is 91.8 Å². The summed E-state index contributed by atoms with van der Waals surface area (Å²) in [5.74, 6) is -0.614. The van der Waals surface area contributed by atoms with E-state index in [1.54, 1.807) is 36.5 Å². The second kappa shape index (κ2) is 10.8. The standard InChI is InChI=1S/C25H25FN4O4S/c1-29-12-14-30(15-13-29)35(32,33)22-6-2-4-20(17-22)28-25(31)10-8-19-7-9-24(23(26)16-19)34-21-5-3-11-27-18-21/h2-11,16-18H,12-15H2,1H3,(H,28,31)/b10-8+. The number of ether oxygens (including phenoxy) is 1. The number of hydrogen-bond donors (Lipinski definition) is 1. The Morgan fingerprint density at radius 3 is 2.60 bits per heavy atom. The van der Waals surface area contributed by atoms with Crippen molar-refractivity contribution in [3.05, 3.63) is 84.4 Å². The molecule has 10 heteroatoms. The summed E-state index contributed by atoms with van der Waals surface area (Å²) in [6, 6.07) is 13.8. The van der Waals surface area contributed by atoms with Crippen LogP contribution in [-0.2, 0) is 14.8 Å². The Morgan fingerprint density at radius 2 is 1.89 bits per heavy atom. The first kappa shape index (κ1) is 24.5. The lowest BCUT2D eigenvalue weighted by Crippen LogP contribution is -2.47. The number of likely N-dealkylation sites (N-methyl/N-ethyl adjacent to an activating group) is 1. The maximum atomic E-state index is 14.4. The summed E-state index contributed by atoms with van der Waals surface area (Å²) in [5.41, 5.74) is 0.809. The first-order valence-electron chi connectivity index (χ1n) is 11.0. The summed E-state index contributed by atoms with van der Waals surface area (Å²) >= 11 is 0. The van der Waals surface area contributed by atoms with Gasteiger partial charge in [0.15, 0.2) is 11.6 Å². The molecule has 2 aromatic carbocycles. The fourth-order valence-electron chi connectivity index (χ4n) is 3.51. The van der Waals surface area contributed by atoms with Gasteiger partial charge < -0.3 is 15.0 Å². The molecule has 1 amide bonds. The molecule has 0 atom stereocenters. The third-order valence-electron chi connectivity index (χ3n) is 5.45. The van der Waals surface area contributed by atoms with E-state index in [0.29, 0.717) is 43.2 Å². The van der Waals surface area contributed by atoms with Gasteiger partial charge >= 0.3 is 0 Å². The lowest BCUT2D eigenvalue weighted by molar-refractivity contribution is -0.111. The first-order valence-corrected chi connectivity index (χ1v) is 12.4. The van der Waals surface area contributed by atoms with Gasteiger partial charge in [0.1, 0.15) is 5.75 Å². The number of rotatable bonds is 7. The molecule has 4 rings (SSSR count). The Labute approximate surface area is 203 Å². The predicted molar refractivity (Wildman–Crippen MR) is 131 cm³/mol. The van der Waals surface area contributed by atoms with Gasteiger partial charge in [0, 0.05) is 44.1 Å². The number of nitrogens with one attached hydrogen (secondary N) is 1. The van der Waals surface area contributed by atoms with Crippen molar-refractivity contribution in [1.29, 1.82) is 0 Å². The van der Waals surface area contributed by atoms with Crippen molar-refractivity contribution in [3.63, 3.8) is 0 Å². The van der Waals surface area contributed by atoms with Crippen molar-refractivity contribution in [3.8, 4) is 11.5 Å². The molecule has 1 fully saturated rings. The van der Waals surface area contributed by atoms with Gasteiger partial charge in [-0.1, -0.05) is 12.1 Å². The number of pyridine rings is 1. The minimum absolute atomic E-state index is 0.0398. The zero-order valence-corrected chi connectivity index (χ0v) is 19.9. The fourth-order valence-corrected chi connectivity index (χ4v) is 4.97. The maximum Gasteiger partial charge on any atom is 0.248 e. The highest BCUT2D eigenvalue weighted by molar-refractivity contribution is 7.89. The van der Waals surface area contributed by atoms with Crippen LogP contribution in [0.3, 0.4) is 0 Å². The summed E-state index contributed by atoms with van der Waals surface area (Å²) in [6.07, 6.45) is 5.77. The van der Waals surface area contributed by atoms with Gasteiger partial charge in [0.05, 0.1) is 11.1 Å². The minimum Gasteiger partial charge on any atom is -0.453 e. The normalized spacial score (nSPS) is 15.3. The van der Waals surface area contributed by atoms with Gasteiger partial charge in [-0.05, 0) is 61.2 Å². The number of carbonyl (C=O) groups is 1. The van der Waals surface area contributed by atoms with E-state index in [1.165, 1.54) is 46.9 Å². The van der Waals surface area contributed by atoms with Crippen molar-refractivity contribution in [2.75, 3.05) is 38.5 Å². The van der Waals surface area contributed by atoms with E-state index in [4.69, 9.17) is 4.74 Å². The molecule has 3 aromatic rings. The molecule has 182 valence electrons. The quantitative estimate of drug-likeness (QED) is 0.503. The van der Waals surface area contributed by atoms with E-state index in [1.807, 2.05) is 7.05 Å². The Morgan fingerprint density at radius 1 is 1.09 bits per heavy atom. The molecule has 1 saturated heterocycles. The smallest absolute Gasteiger partial charge is 0.248 e. The highest BCUT2D eigenvalue weighted by atomic mass is 32.2. The van der Waals surface area contributed by atoms with Crippen LogP contribution in [0.15, 0.2) is 78.0 Å². The lowest BCUT2D eigenvalue weighted by atomic mass is 10.2. The van der Waals surface area contributed by atoms with Crippen molar-refractivity contribution >= 4 is 27.7 Å². The molecule has 0 saturated carbocycles. The molecule has 0 aliphatic carbocycles. The van der Waals surface area contributed by atoms with Crippen LogP contribution in [0.2, 0.25) is 0 Å². The van der Waals surface area contributed by atoms with Crippen LogP contribution in [0.5, 0.6) is 11.5 Å². The number of sulfonamides is 1. The second-order valence-electron chi connectivity index (χ2n) is 8.04. The number of piperazine rings is 1. The number of amides is 1. The molecule has 1 N–H and O–H groups in total. The van der Waals surface area contributed by atoms with E-state index in [2.05, 4.69) is 15.2 Å². The number of nitrogens with zero attached hydrogens (tertiary/aromatic N) is 3. The molecule has 1 aliphatic heterocycles. The molecule has 0 unspecified atom stereocenters. The maximum absolute atomic E-state index is 14.4. The molecule has 2 heterocycles. The van der Waals surface area contributed by atoms with Crippen LogP contribution in [0.1, 0.15) is 5.56 Å². The number of carbonyl (C=O) groups excluding carboxylic acids is 1. The van der Waals surface area contributed by atoms with E-state index in [9.17, 15) is 17.6 Å². The molecular formula is C25H25FN4O4S. The summed E-state index contributed by atoms with van der Waals surface area (Å²) in [6.45, 7) is 2.16. The largest absolute Gasteiger partial charge is 0.453 e. The Balaban J connectivity index is 1.39. The van der Waals surface area contributed by atoms with Crippen LogP contribution in [0.4, 0.5) is 10.1 Å². The van der Waals surface area contributed by atoms with Crippen LogP contribution < -0.4 is 10.1 Å². The molecule has 0 bridgehead atoms. The molecule has 1 aromatic heterocycles. The molecule has 8 nitrogen and oxygen atoms in total. The SMILES string of the molecule is CN1CCN(S(=O)(=O)c2cccc(NC(=O)/C=C/c3ccc(Oc4cccnc4)c(F)c3)c2)CC1. The molecule has 0 radical (unpaired) electrons. The molecular weight excluding hydrogens is 471 g/mol. The summed E-state index contributed by atoms with van der Waals surface area (Å²) in [5, 5.41) is 2.65. The molecule has 0 spiro atoms. The Kier molecular flexibility index (Phi) is 7.54. The van der Waals surface area contributed by atoms with Crippen LogP contribution in [-0.4, -0.2) is 61.7 Å². The zero-order chi connectivity index (χ0) is 24.8. The van der Waals surface area contributed by atoms with Crippen molar-refractivity contribution in [2.24, 2.45) is 0 Å². The van der Waals surface area contributed by atoms with E-state index in [-0.39, 0.29) is 10.6 Å². The lowest BCUT2D eigenvalue weighted by Gasteiger charge is -2.31. The van der Waals surface area contributed by atoms with E-state index < -0.39 is 21.7 Å². The van der Waals surface area contributed by atoms with E-state index in [0.717, 1.165) is 0 Å². The summed E-state index contributed by atoms with van der Waals surface area (Å²) in [4.78, 5) is 18.5. The van der Waals surface area contributed by atoms with Crippen molar-refractivity contribution in [1.82, 2.24) is 14.2 Å². The minimum atomic E-state index is -3.65. The highest BCUT2D eigenvalue weighted by Crippen LogP contribution is 2.25. The van der Waals surface area contributed by atoms with E-state index >= 15 is 0 Å². The number of benzene rings is 2. The third-order valence-corrected chi connectivity index (χ3v) is 7.34. The van der Waals surface area contributed by atoms with Crippen LogP contribution in [0.25, 0.3) is 6.08 Å². The fraction of sp³-hybridized carbons (Fsp3) is 0.200. The van der Waals surface area contributed by atoms with Crippen LogP contribution >= 0.6 is 0 Å². The Bertz CT molecular complexity index is 1320. The van der Waals surface area contributed by atoms with Crippen molar-refractivity contribution in [2.45, 2.75) is 4.90 Å². The summed E-state index contributed by atoms with van der Waals surface area (Å²) in [7, 11) is -1.70. The monoisotopic (exact) mass is 496 g/mol. The molecule has 1 aliphatic rings.